The van der Waals surface area contributed by atoms with Crippen molar-refractivity contribution in [2.24, 2.45) is 11.8 Å². The Morgan fingerprint density at radius 1 is 1.17 bits per heavy atom. The minimum atomic E-state index is -3.29. The highest BCUT2D eigenvalue weighted by atomic mass is 32.2. The second kappa shape index (κ2) is 8.29. The second-order valence-electron chi connectivity index (χ2n) is 9.28. The molecule has 7 heteroatoms. The van der Waals surface area contributed by atoms with Crippen LogP contribution in [-0.2, 0) is 16.4 Å². The van der Waals surface area contributed by atoms with Crippen LogP contribution in [-0.4, -0.2) is 54.9 Å². The lowest BCUT2D eigenvalue weighted by Gasteiger charge is -2.27. The fraction of sp³-hybridized carbons (Fsp3) is 0.522. The van der Waals surface area contributed by atoms with Crippen molar-refractivity contribution in [1.29, 1.82) is 0 Å². The Balaban J connectivity index is 1.30. The number of sulfonamides is 1. The van der Waals surface area contributed by atoms with E-state index >= 15 is 0 Å². The number of nitrogens with one attached hydrogen (secondary N) is 1. The number of rotatable bonds is 7. The molecule has 2 fully saturated rings. The number of likely N-dealkylation sites (tertiary alicyclic amines) is 1. The third kappa shape index (κ3) is 5.20. The van der Waals surface area contributed by atoms with Crippen LogP contribution >= 0.6 is 0 Å². The predicted octanol–water partition coefficient (Wildman–Crippen LogP) is 2.87. The number of aliphatic hydroxyl groups is 1. The van der Waals surface area contributed by atoms with Gasteiger partial charge in [0.05, 0.1) is 23.7 Å². The van der Waals surface area contributed by atoms with Gasteiger partial charge in [-0.15, -0.1) is 0 Å². The summed E-state index contributed by atoms with van der Waals surface area (Å²) in [4.78, 5) is 6.95. The van der Waals surface area contributed by atoms with Crippen molar-refractivity contribution < 1.29 is 13.5 Å². The van der Waals surface area contributed by atoms with Gasteiger partial charge in [-0.25, -0.2) is 8.42 Å². The Morgan fingerprint density at radius 3 is 2.40 bits per heavy atom. The van der Waals surface area contributed by atoms with Gasteiger partial charge in [-0.05, 0) is 42.4 Å². The molecular formula is C23H31N3O3S. The van der Waals surface area contributed by atoms with E-state index in [1.54, 1.807) is 12.3 Å². The molecule has 1 aromatic heterocycles. The molecule has 0 amide bonds. The molecule has 4 atom stereocenters. The van der Waals surface area contributed by atoms with E-state index in [0.29, 0.717) is 17.5 Å². The Bertz CT molecular complexity index is 949. The lowest BCUT2D eigenvalue weighted by atomic mass is 9.91. The third-order valence-corrected chi connectivity index (χ3v) is 7.05. The quantitative estimate of drug-likeness (QED) is 0.707. The Morgan fingerprint density at radius 2 is 1.83 bits per heavy atom. The maximum Gasteiger partial charge on any atom is 0.229 e. The topological polar surface area (TPSA) is 82.5 Å². The van der Waals surface area contributed by atoms with Crippen molar-refractivity contribution >= 4 is 15.7 Å². The van der Waals surface area contributed by atoms with Crippen molar-refractivity contribution in [3.8, 4) is 0 Å². The summed E-state index contributed by atoms with van der Waals surface area (Å²) < 4.78 is 25.1. The number of hydrogen-bond acceptors (Lipinski definition) is 5. The van der Waals surface area contributed by atoms with Crippen LogP contribution in [0.1, 0.15) is 36.9 Å². The largest absolute Gasteiger partial charge is 0.390 e. The van der Waals surface area contributed by atoms with Crippen LogP contribution in [0.5, 0.6) is 0 Å². The molecule has 1 saturated heterocycles. The lowest BCUT2D eigenvalue weighted by molar-refractivity contribution is 0.0353. The average molecular weight is 430 g/mol. The smallest absolute Gasteiger partial charge is 0.229 e. The number of fused-ring (bicyclic) bond motifs is 1. The fourth-order valence-electron chi connectivity index (χ4n) is 5.28. The molecule has 1 saturated carbocycles. The van der Waals surface area contributed by atoms with Gasteiger partial charge in [-0.1, -0.05) is 37.3 Å². The number of nitrogens with zero attached hydrogens (tertiary/aromatic N) is 2. The number of pyridine rings is 1. The molecule has 0 bridgehead atoms. The maximum atomic E-state index is 11.3. The van der Waals surface area contributed by atoms with Gasteiger partial charge < -0.3 is 10.0 Å². The number of hydrogen-bond donors (Lipinski definition) is 2. The van der Waals surface area contributed by atoms with E-state index in [1.807, 2.05) is 24.3 Å². The van der Waals surface area contributed by atoms with Crippen molar-refractivity contribution in [3.63, 3.8) is 0 Å². The minimum Gasteiger partial charge on any atom is -0.390 e. The van der Waals surface area contributed by atoms with Gasteiger partial charge in [0, 0.05) is 37.7 Å². The Kier molecular flexibility index (Phi) is 5.88. The summed E-state index contributed by atoms with van der Waals surface area (Å²) in [7, 11) is -3.29. The highest BCUT2D eigenvalue weighted by Gasteiger charge is 2.48. The molecule has 1 aliphatic heterocycles. The Hall–Kier alpha value is -1.96. The first-order chi connectivity index (χ1) is 14.2. The van der Waals surface area contributed by atoms with Gasteiger partial charge in [0.15, 0.2) is 0 Å². The van der Waals surface area contributed by atoms with Crippen molar-refractivity contribution in [1.82, 2.24) is 9.88 Å². The summed E-state index contributed by atoms with van der Waals surface area (Å²) in [5.74, 6) is 1.37. The molecule has 2 N–H and O–H groups in total. The molecule has 1 aliphatic carbocycles. The third-order valence-electron chi connectivity index (χ3n) is 6.44. The molecule has 0 radical (unpaired) electrons. The summed E-state index contributed by atoms with van der Waals surface area (Å²) in [6, 6.07) is 14.0. The molecule has 30 heavy (non-hydrogen) atoms. The first-order valence-electron chi connectivity index (χ1n) is 10.6. The van der Waals surface area contributed by atoms with Gasteiger partial charge >= 0.3 is 0 Å². The number of anilines is 1. The molecule has 6 nitrogen and oxygen atoms in total. The standard InChI is InChI=1S/C23H31N3O3S/c1-17(22-9-8-21(13-24-22)25-30(2,28)29)14-26-15-19-11-23(27,12-20(19)16-26)10-18-6-4-3-5-7-18/h3-9,13,17,19-20,25,27H,10-12,14-16H2,1-2H3/t17?,19-,20+,23?. The van der Waals surface area contributed by atoms with Crippen LogP contribution in [0.2, 0.25) is 0 Å². The average Bonchev–Trinajstić information content (AvgIpc) is 3.15. The van der Waals surface area contributed by atoms with E-state index < -0.39 is 15.6 Å². The van der Waals surface area contributed by atoms with E-state index in [2.05, 4.69) is 33.7 Å². The van der Waals surface area contributed by atoms with Crippen LogP contribution in [0.4, 0.5) is 5.69 Å². The van der Waals surface area contributed by atoms with Crippen molar-refractivity contribution in [2.45, 2.75) is 37.7 Å². The zero-order chi connectivity index (χ0) is 21.4. The maximum absolute atomic E-state index is 11.3. The number of benzene rings is 1. The zero-order valence-electron chi connectivity index (χ0n) is 17.7. The normalized spacial score (nSPS) is 27.7. The minimum absolute atomic E-state index is 0.263. The van der Waals surface area contributed by atoms with Crippen LogP contribution in [0.25, 0.3) is 0 Å². The van der Waals surface area contributed by atoms with Gasteiger partial charge in [-0.2, -0.15) is 0 Å². The van der Waals surface area contributed by atoms with Crippen LogP contribution in [0.3, 0.4) is 0 Å². The molecule has 2 heterocycles. The fourth-order valence-corrected chi connectivity index (χ4v) is 5.83. The lowest BCUT2D eigenvalue weighted by Crippen LogP contribution is -2.33. The van der Waals surface area contributed by atoms with E-state index in [9.17, 15) is 13.5 Å². The first kappa shape index (κ1) is 21.3. The van der Waals surface area contributed by atoms with E-state index in [0.717, 1.165) is 50.8 Å². The Labute approximate surface area is 179 Å². The van der Waals surface area contributed by atoms with Crippen LogP contribution < -0.4 is 4.72 Å². The summed E-state index contributed by atoms with van der Waals surface area (Å²) in [5, 5.41) is 11.1. The highest BCUT2D eigenvalue weighted by molar-refractivity contribution is 7.92. The summed E-state index contributed by atoms with van der Waals surface area (Å²) in [6.45, 7) is 5.14. The molecule has 2 aromatic rings. The number of aromatic nitrogens is 1. The van der Waals surface area contributed by atoms with Crippen molar-refractivity contribution in [2.75, 3.05) is 30.6 Å². The van der Waals surface area contributed by atoms with Crippen LogP contribution in [0, 0.1) is 11.8 Å². The SMILES string of the molecule is CC(CN1C[C@@H]2CC(O)(Cc3ccccc3)C[C@@H]2C1)c1ccc(NS(C)(=O)=O)cn1. The summed E-state index contributed by atoms with van der Waals surface area (Å²) in [6.07, 6.45) is 5.21. The van der Waals surface area contributed by atoms with E-state index in [4.69, 9.17) is 0 Å². The molecule has 1 aromatic carbocycles. The first-order valence-corrected chi connectivity index (χ1v) is 12.5. The van der Waals surface area contributed by atoms with Gasteiger partial charge in [-0.3, -0.25) is 9.71 Å². The second-order valence-corrected chi connectivity index (χ2v) is 11.0. The van der Waals surface area contributed by atoms with Gasteiger partial charge in [0.2, 0.25) is 10.0 Å². The van der Waals surface area contributed by atoms with E-state index in [1.165, 1.54) is 5.56 Å². The summed E-state index contributed by atoms with van der Waals surface area (Å²) >= 11 is 0. The highest BCUT2D eigenvalue weighted by Crippen LogP contribution is 2.45. The monoisotopic (exact) mass is 429 g/mol. The molecule has 4 rings (SSSR count). The van der Waals surface area contributed by atoms with Gasteiger partial charge in [0.1, 0.15) is 0 Å². The molecule has 2 aliphatic rings. The molecule has 2 unspecified atom stereocenters. The molecule has 0 spiro atoms. The molecular weight excluding hydrogens is 398 g/mol. The van der Waals surface area contributed by atoms with Crippen LogP contribution in [0.15, 0.2) is 48.7 Å². The zero-order valence-corrected chi connectivity index (χ0v) is 18.5. The van der Waals surface area contributed by atoms with Gasteiger partial charge in [0.25, 0.3) is 0 Å². The predicted molar refractivity (Wildman–Crippen MR) is 119 cm³/mol. The van der Waals surface area contributed by atoms with E-state index in [-0.39, 0.29) is 5.92 Å². The molecule has 162 valence electrons. The summed E-state index contributed by atoms with van der Waals surface area (Å²) in [5.41, 5.74) is 2.09. The van der Waals surface area contributed by atoms with Crippen molar-refractivity contribution in [3.05, 3.63) is 59.9 Å².